The maximum atomic E-state index is 13.0. The van der Waals surface area contributed by atoms with E-state index < -0.39 is 19.1 Å². The number of benzene rings is 2. The third-order valence-electron chi connectivity index (χ3n) is 5.26. The van der Waals surface area contributed by atoms with Crippen molar-refractivity contribution in [1.29, 1.82) is 0 Å². The molecule has 7 nitrogen and oxygen atoms in total. The lowest BCUT2D eigenvalue weighted by Gasteiger charge is -2.28. The van der Waals surface area contributed by atoms with Crippen molar-refractivity contribution in [2.75, 3.05) is 13.6 Å². The van der Waals surface area contributed by atoms with Crippen molar-refractivity contribution in [3.8, 4) is 0 Å². The topological polar surface area (TPSA) is 116 Å². The molecule has 0 fully saturated rings. The fourth-order valence-corrected chi connectivity index (χ4v) is 3.36. The Morgan fingerprint density at radius 2 is 1.65 bits per heavy atom. The van der Waals surface area contributed by atoms with Gasteiger partial charge < -0.3 is 26.0 Å². The van der Waals surface area contributed by atoms with Crippen molar-refractivity contribution in [2.24, 2.45) is 5.73 Å². The van der Waals surface area contributed by atoms with Crippen LogP contribution in [0.2, 0.25) is 0 Å². The summed E-state index contributed by atoms with van der Waals surface area (Å²) in [5, 5.41) is 20.9. The summed E-state index contributed by atoms with van der Waals surface area (Å²) < 4.78 is 0. The number of nitrogens with zero attached hydrogens (tertiary/aromatic N) is 1. The second-order valence-electron chi connectivity index (χ2n) is 7.67. The van der Waals surface area contributed by atoms with Crippen LogP contribution in [-0.2, 0) is 16.0 Å². The average molecular weight is 425 g/mol. The first-order valence-corrected chi connectivity index (χ1v) is 10.6. The predicted octanol–water partition coefficient (Wildman–Crippen LogP) is 1.44. The number of carbonyl (C=O) groups is 2. The number of likely N-dealkylation sites (N-methyl/N-ethyl adjacent to an activating group) is 1. The zero-order valence-electron chi connectivity index (χ0n) is 18.0. The Hall–Kier alpha value is -2.68. The molecule has 2 aromatic rings. The monoisotopic (exact) mass is 425 g/mol. The van der Waals surface area contributed by atoms with Gasteiger partial charge in [-0.05, 0) is 30.4 Å². The molecule has 2 atom stereocenters. The van der Waals surface area contributed by atoms with Gasteiger partial charge in [0.15, 0.2) is 0 Å². The SMILES string of the molecule is CN(C(=O)CCc1ccccc1)C(C(=O)NCCCCC(N)B(O)O)c1ccccc1. The first-order chi connectivity index (χ1) is 14.9. The first-order valence-electron chi connectivity index (χ1n) is 10.6. The number of nitrogens with one attached hydrogen (secondary N) is 1. The van der Waals surface area contributed by atoms with Crippen LogP contribution in [0.15, 0.2) is 60.7 Å². The van der Waals surface area contributed by atoms with Crippen LogP contribution in [0.5, 0.6) is 0 Å². The Bertz CT molecular complexity index is 805. The Balaban J connectivity index is 1.95. The van der Waals surface area contributed by atoms with E-state index >= 15 is 0 Å². The Morgan fingerprint density at radius 3 is 2.26 bits per heavy atom. The lowest BCUT2D eigenvalue weighted by Crippen LogP contribution is -2.42. The van der Waals surface area contributed by atoms with Crippen LogP contribution in [0.4, 0.5) is 0 Å². The predicted molar refractivity (Wildman–Crippen MR) is 122 cm³/mol. The van der Waals surface area contributed by atoms with E-state index in [9.17, 15) is 9.59 Å². The summed E-state index contributed by atoms with van der Waals surface area (Å²) in [6, 6.07) is 18.3. The van der Waals surface area contributed by atoms with E-state index in [0.29, 0.717) is 38.6 Å². The van der Waals surface area contributed by atoms with Crippen LogP contribution in [0.25, 0.3) is 0 Å². The highest BCUT2D eigenvalue weighted by molar-refractivity contribution is 6.43. The van der Waals surface area contributed by atoms with Crippen LogP contribution in [0.1, 0.15) is 42.9 Å². The molecule has 0 saturated carbocycles. The maximum absolute atomic E-state index is 13.0. The highest BCUT2D eigenvalue weighted by Gasteiger charge is 2.28. The number of nitrogens with two attached hydrogens (primary N) is 1. The Morgan fingerprint density at radius 1 is 1.03 bits per heavy atom. The molecule has 2 amide bonds. The maximum Gasteiger partial charge on any atom is 0.469 e. The van der Waals surface area contributed by atoms with Crippen molar-refractivity contribution in [3.63, 3.8) is 0 Å². The fourth-order valence-electron chi connectivity index (χ4n) is 3.36. The van der Waals surface area contributed by atoms with Crippen molar-refractivity contribution >= 4 is 18.9 Å². The molecule has 0 saturated heterocycles. The largest absolute Gasteiger partial charge is 0.469 e. The average Bonchev–Trinajstić information content (AvgIpc) is 2.78. The zero-order valence-corrected chi connectivity index (χ0v) is 18.0. The van der Waals surface area contributed by atoms with E-state index in [1.807, 2.05) is 60.7 Å². The van der Waals surface area contributed by atoms with Crippen LogP contribution < -0.4 is 11.1 Å². The minimum absolute atomic E-state index is 0.101. The minimum Gasteiger partial charge on any atom is -0.426 e. The van der Waals surface area contributed by atoms with E-state index in [1.54, 1.807) is 7.05 Å². The van der Waals surface area contributed by atoms with Crippen molar-refractivity contribution < 1.29 is 19.6 Å². The first kappa shape index (κ1) is 24.6. The standard InChI is InChI=1S/C23H32BN3O4/c1-27(21(28)16-15-18-10-4-2-5-11-18)22(19-12-6-3-7-13-19)23(29)26-17-9-8-14-20(25)24(30)31/h2-7,10-13,20,22,30-31H,8-9,14-17,25H2,1H3,(H,26,29). The molecule has 0 radical (unpaired) electrons. The third kappa shape index (κ3) is 8.17. The normalized spacial score (nSPS) is 12.6. The highest BCUT2D eigenvalue weighted by atomic mass is 16.4. The number of amides is 2. The quantitative estimate of drug-likeness (QED) is 0.304. The molecule has 2 unspecified atom stereocenters. The number of hydrogen-bond donors (Lipinski definition) is 4. The second-order valence-corrected chi connectivity index (χ2v) is 7.67. The Labute approximate surface area is 184 Å². The van der Waals surface area contributed by atoms with Crippen LogP contribution >= 0.6 is 0 Å². The smallest absolute Gasteiger partial charge is 0.426 e. The number of aryl methyl sites for hydroxylation is 1. The second kappa shape index (κ2) is 12.9. The molecule has 0 aliphatic heterocycles. The molecular formula is C23H32BN3O4. The fraction of sp³-hybridized carbons (Fsp3) is 0.391. The summed E-state index contributed by atoms with van der Waals surface area (Å²) in [5.74, 6) is -1.04. The molecule has 0 bridgehead atoms. The Kier molecular flexibility index (Phi) is 10.2. The third-order valence-corrected chi connectivity index (χ3v) is 5.26. The summed E-state index contributed by atoms with van der Waals surface area (Å²) in [5.41, 5.74) is 7.43. The van der Waals surface area contributed by atoms with E-state index in [2.05, 4.69) is 5.32 Å². The van der Waals surface area contributed by atoms with Gasteiger partial charge in [0.1, 0.15) is 6.04 Å². The number of hydrogen-bond acceptors (Lipinski definition) is 5. The molecule has 31 heavy (non-hydrogen) atoms. The zero-order chi connectivity index (χ0) is 22.6. The van der Waals surface area contributed by atoms with Gasteiger partial charge in [0, 0.05) is 26.0 Å². The van der Waals surface area contributed by atoms with E-state index in [1.165, 1.54) is 4.90 Å². The molecular weight excluding hydrogens is 393 g/mol. The summed E-state index contributed by atoms with van der Waals surface area (Å²) >= 11 is 0. The van der Waals surface area contributed by atoms with Crippen molar-refractivity contribution in [3.05, 3.63) is 71.8 Å². The molecule has 5 N–H and O–H groups in total. The summed E-state index contributed by atoms with van der Waals surface area (Å²) in [7, 11) is 0.124. The summed E-state index contributed by atoms with van der Waals surface area (Å²) in [6.45, 7) is 0.419. The van der Waals surface area contributed by atoms with Gasteiger partial charge in [-0.15, -0.1) is 0 Å². The number of rotatable bonds is 12. The van der Waals surface area contributed by atoms with Gasteiger partial charge in [0.25, 0.3) is 0 Å². The summed E-state index contributed by atoms with van der Waals surface area (Å²) in [6.07, 6.45) is 2.69. The molecule has 0 aromatic heterocycles. The van der Waals surface area contributed by atoms with Gasteiger partial charge in [0.2, 0.25) is 11.8 Å². The molecule has 2 rings (SSSR count). The molecule has 2 aromatic carbocycles. The van der Waals surface area contributed by atoms with Gasteiger partial charge >= 0.3 is 7.12 Å². The molecule has 0 heterocycles. The molecule has 0 aliphatic carbocycles. The molecule has 8 heteroatoms. The van der Waals surface area contributed by atoms with Crippen LogP contribution in [-0.4, -0.2) is 53.4 Å². The van der Waals surface area contributed by atoms with Gasteiger partial charge in [-0.25, -0.2) is 0 Å². The minimum atomic E-state index is -1.53. The summed E-state index contributed by atoms with van der Waals surface area (Å²) in [4.78, 5) is 27.3. The van der Waals surface area contributed by atoms with Crippen molar-refractivity contribution in [1.82, 2.24) is 10.2 Å². The van der Waals surface area contributed by atoms with Crippen molar-refractivity contribution in [2.45, 2.75) is 44.1 Å². The van der Waals surface area contributed by atoms with E-state index in [4.69, 9.17) is 15.8 Å². The molecule has 0 aliphatic rings. The van der Waals surface area contributed by atoms with Gasteiger partial charge in [-0.1, -0.05) is 67.1 Å². The lowest BCUT2D eigenvalue weighted by atomic mass is 9.77. The van der Waals surface area contributed by atoms with Gasteiger partial charge in [0.05, 0.1) is 0 Å². The van der Waals surface area contributed by atoms with Gasteiger partial charge in [-0.3, -0.25) is 9.59 Å². The van der Waals surface area contributed by atoms with Crippen LogP contribution in [0.3, 0.4) is 0 Å². The van der Waals surface area contributed by atoms with E-state index in [0.717, 1.165) is 11.1 Å². The van der Waals surface area contributed by atoms with E-state index in [-0.39, 0.29) is 11.8 Å². The lowest BCUT2D eigenvalue weighted by molar-refractivity contribution is -0.139. The molecule has 166 valence electrons. The van der Waals surface area contributed by atoms with Crippen LogP contribution in [0, 0.1) is 0 Å². The highest BCUT2D eigenvalue weighted by Crippen LogP contribution is 2.21. The number of unbranched alkanes of at least 4 members (excludes halogenated alkanes) is 1. The van der Waals surface area contributed by atoms with Gasteiger partial charge in [-0.2, -0.15) is 0 Å². The molecule has 0 spiro atoms. The number of carbonyl (C=O) groups excluding carboxylic acids is 2.